The van der Waals surface area contributed by atoms with Gasteiger partial charge in [-0.1, -0.05) is 50.6 Å². The highest BCUT2D eigenvalue weighted by Crippen LogP contribution is 2.12. The molecular weight excluding hydrogens is 184 g/mol. The Morgan fingerprint density at radius 3 is 2.53 bits per heavy atom. The van der Waals surface area contributed by atoms with Crippen LogP contribution in [0.4, 0.5) is 0 Å². The second-order valence-corrected chi connectivity index (χ2v) is 4.16. The van der Waals surface area contributed by atoms with Crippen LogP contribution in [-0.4, -0.2) is 5.78 Å². The van der Waals surface area contributed by atoms with Gasteiger partial charge in [-0.3, -0.25) is 4.79 Å². The number of hydrogen-bond donors (Lipinski definition) is 0. The van der Waals surface area contributed by atoms with Crippen LogP contribution in [0.25, 0.3) is 0 Å². The average molecular weight is 204 g/mol. The number of benzene rings is 1. The van der Waals surface area contributed by atoms with E-state index in [-0.39, 0.29) is 5.92 Å². The largest absolute Gasteiger partial charge is 0.299 e. The Morgan fingerprint density at radius 1 is 1.27 bits per heavy atom. The van der Waals surface area contributed by atoms with Crippen molar-refractivity contribution in [3.05, 3.63) is 35.9 Å². The lowest BCUT2D eigenvalue weighted by Gasteiger charge is -2.09. The number of ketones is 1. The van der Waals surface area contributed by atoms with E-state index in [1.165, 1.54) is 5.56 Å². The van der Waals surface area contributed by atoms with Crippen molar-refractivity contribution >= 4 is 5.78 Å². The first-order chi connectivity index (χ1) is 7.24. The van der Waals surface area contributed by atoms with Crippen LogP contribution in [0.5, 0.6) is 0 Å². The van der Waals surface area contributed by atoms with E-state index < -0.39 is 0 Å². The predicted octanol–water partition coefficient (Wildman–Crippen LogP) is 3.62. The molecule has 0 bridgehead atoms. The lowest BCUT2D eigenvalue weighted by atomic mass is 9.94. The minimum atomic E-state index is 0.166. The molecule has 1 atom stereocenters. The Kier molecular flexibility index (Phi) is 5.09. The summed E-state index contributed by atoms with van der Waals surface area (Å²) in [6.45, 7) is 4.15. The highest BCUT2D eigenvalue weighted by molar-refractivity contribution is 5.80. The molecule has 0 saturated heterocycles. The summed E-state index contributed by atoms with van der Waals surface area (Å²) < 4.78 is 0. The second-order valence-electron chi connectivity index (χ2n) is 4.16. The van der Waals surface area contributed by atoms with Gasteiger partial charge in [0.05, 0.1) is 0 Å². The summed E-state index contributed by atoms with van der Waals surface area (Å²) in [5.74, 6) is 0.569. The van der Waals surface area contributed by atoms with Crippen LogP contribution in [0.2, 0.25) is 0 Å². The molecule has 0 aliphatic rings. The van der Waals surface area contributed by atoms with Crippen LogP contribution in [-0.2, 0) is 11.2 Å². The molecule has 82 valence electrons. The summed E-state index contributed by atoms with van der Waals surface area (Å²) in [5.41, 5.74) is 1.26. The van der Waals surface area contributed by atoms with E-state index >= 15 is 0 Å². The summed E-state index contributed by atoms with van der Waals surface area (Å²) in [6.07, 6.45) is 3.75. The monoisotopic (exact) mass is 204 g/mol. The van der Waals surface area contributed by atoms with E-state index in [0.29, 0.717) is 5.78 Å². The fraction of sp³-hybridized carbons (Fsp3) is 0.500. The van der Waals surface area contributed by atoms with E-state index in [2.05, 4.69) is 19.1 Å². The molecule has 1 heteroatoms. The normalized spacial score (nSPS) is 12.4. The second kappa shape index (κ2) is 6.39. The molecule has 0 N–H and O–H groups in total. The number of carbonyl (C=O) groups excluding carboxylic acids is 1. The Bertz CT molecular complexity index is 289. The Hall–Kier alpha value is -1.11. The molecule has 0 unspecified atom stereocenters. The molecule has 0 heterocycles. The molecular formula is C14H20O. The van der Waals surface area contributed by atoms with Crippen molar-refractivity contribution in [2.45, 2.75) is 39.5 Å². The molecule has 0 aromatic heterocycles. The smallest absolute Gasteiger partial charge is 0.136 e. The topological polar surface area (TPSA) is 17.1 Å². The fourth-order valence-electron chi connectivity index (χ4n) is 1.68. The number of Topliss-reactive ketones (excluding diaryl/α,β-unsaturated/α-hetero) is 1. The van der Waals surface area contributed by atoms with Crippen molar-refractivity contribution in [3.63, 3.8) is 0 Å². The van der Waals surface area contributed by atoms with Gasteiger partial charge in [0, 0.05) is 12.3 Å². The zero-order valence-corrected chi connectivity index (χ0v) is 9.70. The van der Waals surface area contributed by atoms with Gasteiger partial charge in [-0.05, 0) is 18.4 Å². The summed E-state index contributed by atoms with van der Waals surface area (Å²) in [4.78, 5) is 11.7. The lowest BCUT2D eigenvalue weighted by Crippen LogP contribution is -2.13. The maximum atomic E-state index is 11.7. The van der Waals surface area contributed by atoms with Crippen molar-refractivity contribution in [1.82, 2.24) is 0 Å². The van der Waals surface area contributed by atoms with Crippen molar-refractivity contribution in [3.8, 4) is 0 Å². The van der Waals surface area contributed by atoms with Crippen LogP contribution in [0, 0.1) is 5.92 Å². The third kappa shape index (κ3) is 4.28. The molecule has 1 rings (SSSR count). The summed E-state index contributed by atoms with van der Waals surface area (Å²) in [6, 6.07) is 10.2. The molecule has 0 aliphatic heterocycles. The van der Waals surface area contributed by atoms with E-state index in [9.17, 15) is 4.79 Å². The van der Waals surface area contributed by atoms with Crippen LogP contribution < -0.4 is 0 Å². The van der Waals surface area contributed by atoms with Gasteiger partial charge in [-0.2, -0.15) is 0 Å². The molecule has 0 saturated carbocycles. The first-order valence-corrected chi connectivity index (χ1v) is 5.80. The number of unbranched alkanes of at least 4 members (excludes halogenated alkanes) is 1. The number of rotatable bonds is 6. The van der Waals surface area contributed by atoms with E-state index in [1.807, 2.05) is 25.1 Å². The molecule has 15 heavy (non-hydrogen) atoms. The number of hydrogen-bond acceptors (Lipinski definition) is 1. The Balaban J connectivity index is 2.41. The van der Waals surface area contributed by atoms with Gasteiger partial charge >= 0.3 is 0 Å². The van der Waals surface area contributed by atoms with Crippen LogP contribution >= 0.6 is 0 Å². The molecule has 1 nitrogen and oxygen atoms in total. The maximum Gasteiger partial charge on any atom is 0.136 e. The first kappa shape index (κ1) is 12.0. The van der Waals surface area contributed by atoms with Gasteiger partial charge in [0.15, 0.2) is 0 Å². The Labute approximate surface area is 92.5 Å². The van der Waals surface area contributed by atoms with Crippen molar-refractivity contribution in [1.29, 1.82) is 0 Å². The lowest BCUT2D eigenvalue weighted by molar-refractivity contribution is -0.122. The van der Waals surface area contributed by atoms with E-state index in [4.69, 9.17) is 0 Å². The minimum absolute atomic E-state index is 0.166. The molecule has 1 aromatic rings. The van der Waals surface area contributed by atoms with E-state index in [1.54, 1.807) is 0 Å². The molecule has 0 radical (unpaired) electrons. The molecule has 0 fully saturated rings. The number of carbonyl (C=O) groups is 1. The van der Waals surface area contributed by atoms with Crippen LogP contribution in [0.1, 0.15) is 38.7 Å². The van der Waals surface area contributed by atoms with E-state index in [0.717, 1.165) is 25.7 Å². The quantitative estimate of drug-likeness (QED) is 0.691. The van der Waals surface area contributed by atoms with Gasteiger partial charge in [0.25, 0.3) is 0 Å². The first-order valence-electron chi connectivity index (χ1n) is 5.80. The average Bonchev–Trinajstić information content (AvgIpc) is 2.27. The predicted molar refractivity (Wildman–Crippen MR) is 63.8 cm³/mol. The highest BCUT2D eigenvalue weighted by Gasteiger charge is 2.12. The van der Waals surface area contributed by atoms with Gasteiger partial charge in [0.2, 0.25) is 0 Å². The molecule has 0 spiro atoms. The van der Waals surface area contributed by atoms with Crippen LogP contribution in [0.15, 0.2) is 30.3 Å². The van der Waals surface area contributed by atoms with Crippen molar-refractivity contribution < 1.29 is 4.79 Å². The molecule has 0 amide bonds. The molecule has 1 aromatic carbocycles. The Morgan fingerprint density at radius 2 is 1.93 bits per heavy atom. The minimum Gasteiger partial charge on any atom is -0.299 e. The SMILES string of the molecule is CCCCC(=O)[C@H](C)Cc1ccccc1. The fourth-order valence-corrected chi connectivity index (χ4v) is 1.68. The van der Waals surface area contributed by atoms with Gasteiger partial charge in [0.1, 0.15) is 5.78 Å². The summed E-state index contributed by atoms with van der Waals surface area (Å²) in [5, 5.41) is 0. The zero-order valence-electron chi connectivity index (χ0n) is 9.70. The van der Waals surface area contributed by atoms with Crippen LogP contribution in [0.3, 0.4) is 0 Å². The third-order valence-electron chi connectivity index (χ3n) is 2.71. The standard InChI is InChI=1S/C14H20O/c1-3-4-10-14(15)12(2)11-13-8-6-5-7-9-13/h5-9,12H,3-4,10-11H2,1-2H3/t12-/m1/s1. The summed E-state index contributed by atoms with van der Waals surface area (Å²) >= 11 is 0. The van der Waals surface area contributed by atoms with Crippen molar-refractivity contribution in [2.24, 2.45) is 5.92 Å². The van der Waals surface area contributed by atoms with Crippen molar-refractivity contribution in [2.75, 3.05) is 0 Å². The maximum absolute atomic E-state index is 11.7. The van der Waals surface area contributed by atoms with Gasteiger partial charge in [-0.15, -0.1) is 0 Å². The summed E-state index contributed by atoms with van der Waals surface area (Å²) in [7, 11) is 0. The third-order valence-corrected chi connectivity index (χ3v) is 2.71. The molecule has 0 aliphatic carbocycles. The zero-order chi connectivity index (χ0) is 11.1. The van der Waals surface area contributed by atoms with Gasteiger partial charge < -0.3 is 0 Å². The van der Waals surface area contributed by atoms with Gasteiger partial charge in [-0.25, -0.2) is 0 Å². The highest BCUT2D eigenvalue weighted by atomic mass is 16.1.